The number of hydrogen-bond donors (Lipinski definition) is 1. The molecule has 1 aromatic rings. The van der Waals surface area contributed by atoms with Crippen molar-refractivity contribution in [2.24, 2.45) is 0 Å². The van der Waals surface area contributed by atoms with Gasteiger partial charge < -0.3 is 10.2 Å². The molecule has 1 aliphatic rings. The topological polar surface area (TPSA) is 45.2 Å². The molecule has 0 radical (unpaired) electrons. The number of rotatable bonds is 4. The van der Waals surface area contributed by atoms with Gasteiger partial charge in [-0.05, 0) is 26.2 Å². The van der Waals surface area contributed by atoms with E-state index in [0.29, 0.717) is 6.54 Å². The number of nitrogens with one attached hydrogen (secondary N) is 1. The van der Waals surface area contributed by atoms with Crippen molar-refractivity contribution in [1.29, 1.82) is 0 Å². The van der Waals surface area contributed by atoms with E-state index in [-0.39, 0.29) is 5.91 Å². The third-order valence-electron chi connectivity index (χ3n) is 3.12. The number of aromatic nitrogens is 1. The minimum absolute atomic E-state index is 0.229. The molecule has 0 spiro atoms. The first-order valence-corrected chi connectivity index (χ1v) is 7.03. The summed E-state index contributed by atoms with van der Waals surface area (Å²) in [6, 6.07) is 0. The van der Waals surface area contributed by atoms with Gasteiger partial charge in [0.2, 0.25) is 5.91 Å². The molecule has 1 fully saturated rings. The van der Waals surface area contributed by atoms with Crippen LogP contribution in [-0.4, -0.2) is 35.4 Å². The van der Waals surface area contributed by atoms with Crippen molar-refractivity contribution >= 4 is 17.2 Å². The lowest BCUT2D eigenvalue weighted by molar-refractivity contribution is -0.131. The largest absolute Gasteiger partial charge is 0.342 e. The highest BCUT2D eigenvalue weighted by molar-refractivity contribution is 7.09. The van der Waals surface area contributed by atoms with Gasteiger partial charge in [-0.2, -0.15) is 0 Å². The van der Waals surface area contributed by atoms with Crippen LogP contribution in [0.2, 0.25) is 0 Å². The molecule has 2 heterocycles. The van der Waals surface area contributed by atoms with E-state index in [4.69, 9.17) is 0 Å². The van der Waals surface area contributed by atoms with Gasteiger partial charge in [0.1, 0.15) is 0 Å². The first-order valence-electron chi connectivity index (χ1n) is 6.15. The Morgan fingerprint density at radius 2 is 2.24 bits per heavy atom. The highest BCUT2D eigenvalue weighted by Crippen LogP contribution is 2.11. The maximum absolute atomic E-state index is 11.9. The molecule has 1 N–H and O–H groups in total. The Balaban J connectivity index is 1.71. The standard InChI is InChI=1S/C12H19N3OS/c1-10-11(17-9-14-10)7-13-8-12(16)15-5-3-2-4-6-15/h9,13H,2-8H2,1H3. The fourth-order valence-corrected chi connectivity index (χ4v) is 2.78. The van der Waals surface area contributed by atoms with E-state index in [1.54, 1.807) is 11.3 Å². The van der Waals surface area contributed by atoms with E-state index < -0.39 is 0 Å². The van der Waals surface area contributed by atoms with Crippen molar-refractivity contribution in [1.82, 2.24) is 15.2 Å². The van der Waals surface area contributed by atoms with Crippen LogP contribution in [0, 0.1) is 6.92 Å². The number of hydrogen-bond acceptors (Lipinski definition) is 4. The van der Waals surface area contributed by atoms with Crippen LogP contribution in [0.1, 0.15) is 29.8 Å². The van der Waals surface area contributed by atoms with E-state index in [1.807, 2.05) is 17.3 Å². The fraction of sp³-hybridized carbons (Fsp3) is 0.667. The maximum atomic E-state index is 11.9. The monoisotopic (exact) mass is 253 g/mol. The highest BCUT2D eigenvalue weighted by Gasteiger charge is 2.15. The molecular formula is C12H19N3OS. The fourth-order valence-electron chi connectivity index (χ4n) is 2.03. The molecule has 0 aliphatic carbocycles. The normalized spacial score (nSPS) is 16.2. The number of carbonyl (C=O) groups excluding carboxylic acids is 1. The van der Waals surface area contributed by atoms with Crippen LogP contribution in [0.3, 0.4) is 0 Å². The van der Waals surface area contributed by atoms with Crippen molar-refractivity contribution in [3.8, 4) is 0 Å². The van der Waals surface area contributed by atoms with Crippen LogP contribution < -0.4 is 5.32 Å². The first-order chi connectivity index (χ1) is 8.27. The second kappa shape index (κ2) is 6.12. The molecule has 17 heavy (non-hydrogen) atoms. The summed E-state index contributed by atoms with van der Waals surface area (Å²) in [5.41, 5.74) is 2.91. The van der Waals surface area contributed by atoms with E-state index in [1.165, 1.54) is 11.3 Å². The molecule has 4 nitrogen and oxygen atoms in total. The zero-order valence-corrected chi connectivity index (χ0v) is 11.1. The number of nitrogens with zero attached hydrogens (tertiary/aromatic N) is 2. The second-order valence-corrected chi connectivity index (χ2v) is 5.35. The van der Waals surface area contributed by atoms with Gasteiger partial charge in [0.05, 0.1) is 17.7 Å². The minimum atomic E-state index is 0.229. The van der Waals surface area contributed by atoms with Crippen molar-refractivity contribution in [2.45, 2.75) is 32.7 Å². The average molecular weight is 253 g/mol. The summed E-state index contributed by atoms with van der Waals surface area (Å²) in [5.74, 6) is 0.229. The Bertz CT molecular complexity index is 372. The second-order valence-electron chi connectivity index (χ2n) is 4.41. The lowest BCUT2D eigenvalue weighted by Crippen LogP contribution is -2.40. The third kappa shape index (κ3) is 3.51. The Kier molecular flexibility index (Phi) is 4.50. The molecule has 5 heteroatoms. The molecule has 1 saturated heterocycles. The predicted molar refractivity (Wildman–Crippen MR) is 69.0 cm³/mol. The van der Waals surface area contributed by atoms with Crippen LogP contribution in [-0.2, 0) is 11.3 Å². The Morgan fingerprint density at radius 3 is 2.88 bits per heavy atom. The molecule has 0 bridgehead atoms. The summed E-state index contributed by atoms with van der Waals surface area (Å²) >= 11 is 1.64. The van der Waals surface area contributed by atoms with Crippen LogP contribution in [0.15, 0.2) is 5.51 Å². The molecule has 1 aliphatic heterocycles. The van der Waals surface area contributed by atoms with E-state index in [2.05, 4.69) is 10.3 Å². The predicted octanol–water partition coefficient (Wildman–Crippen LogP) is 1.55. The summed E-state index contributed by atoms with van der Waals surface area (Å²) in [5, 5.41) is 3.20. The maximum Gasteiger partial charge on any atom is 0.236 e. The van der Waals surface area contributed by atoms with Crippen LogP contribution in [0.25, 0.3) is 0 Å². The van der Waals surface area contributed by atoms with Crippen molar-refractivity contribution < 1.29 is 4.79 Å². The molecule has 0 unspecified atom stereocenters. The molecular weight excluding hydrogens is 234 g/mol. The zero-order chi connectivity index (χ0) is 12.1. The molecule has 1 aromatic heterocycles. The molecule has 0 aromatic carbocycles. The van der Waals surface area contributed by atoms with Gasteiger partial charge in [-0.3, -0.25) is 4.79 Å². The quantitative estimate of drug-likeness (QED) is 0.885. The number of aryl methyl sites for hydroxylation is 1. The van der Waals surface area contributed by atoms with E-state index in [0.717, 1.165) is 38.2 Å². The van der Waals surface area contributed by atoms with E-state index in [9.17, 15) is 4.79 Å². The van der Waals surface area contributed by atoms with Gasteiger partial charge in [-0.15, -0.1) is 11.3 Å². The van der Waals surface area contributed by atoms with Gasteiger partial charge in [0, 0.05) is 24.5 Å². The Hall–Kier alpha value is -0.940. The average Bonchev–Trinajstić information content (AvgIpc) is 2.76. The summed E-state index contributed by atoms with van der Waals surface area (Å²) in [4.78, 5) is 19.2. The van der Waals surface area contributed by atoms with Gasteiger partial charge in [0.25, 0.3) is 0 Å². The smallest absolute Gasteiger partial charge is 0.236 e. The zero-order valence-electron chi connectivity index (χ0n) is 10.2. The van der Waals surface area contributed by atoms with Gasteiger partial charge >= 0.3 is 0 Å². The van der Waals surface area contributed by atoms with Crippen LogP contribution >= 0.6 is 11.3 Å². The Labute approximate surface area is 106 Å². The molecule has 0 atom stereocenters. The molecule has 1 amide bonds. The number of piperidine rings is 1. The summed E-state index contributed by atoms with van der Waals surface area (Å²) < 4.78 is 0. The van der Waals surface area contributed by atoms with Crippen molar-refractivity contribution in [3.05, 3.63) is 16.1 Å². The lowest BCUT2D eigenvalue weighted by Gasteiger charge is -2.26. The van der Waals surface area contributed by atoms with Gasteiger partial charge in [-0.25, -0.2) is 4.98 Å². The number of thiazole rings is 1. The first kappa shape index (κ1) is 12.5. The van der Waals surface area contributed by atoms with Crippen molar-refractivity contribution in [3.63, 3.8) is 0 Å². The van der Waals surface area contributed by atoms with Crippen LogP contribution in [0.4, 0.5) is 0 Å². The number of amides is 1. The van der Waals surface area contributed by atoms with E-state index >= 15 is 0 Å². The Morgan fingerprint density at radius 1 is 1.47 bits per heavy atom. The lowest BCUT2D eigenvalue weighted by atomic mass is 10.1. The molecule has 94 valence electrons. The molecule has 0 saturated carbocycles. The number of likely N-dealkylation sites (tertiary alicyclic amines) is 1. The summed E-state index contributed by atoms with van der Waals surface area (Å²) in [7, 11) is 0. The van der Waals surface area contributed by atoms with Gasteiger partial charge in [-0.1, -0.05) is 0 Å². The highest BCUT2D eigenvalue weighted by atomic mass is 32.1. The third-order valence-corrected chi connectivity index (χ3v) is 4.05. The van der Waals surface area contributed by atoms with Crippen molar-refractivity contribution in [2.75, 3.05) is 19.6 Å². The van der Waals surface area contributed by atoms with Crippen LogP contribution in [0.5, 0.6) is 0 Å². The van der Waals surface area contributed by atoms with Gasteiger partial charge in [0.15, 0.2) is 0 Å². The summed E-state index contributed by atoms with van der Waals surface area (Å²) in [6.45, 7) is 5.05. The number of carbonyl (C=O) groups is 1. The molecule has 2 rings (SSSR count). The minimum Gasteiger partial charge on any atom is -0.342 e. The summed E-state index contributed by atoms with van der Waals surface area (Å²) in [6.07, 6.45) is 3.57. The SMILES string of the molecule is Cc1ncsc1CNCC(=O)N1CCCCC1.